The number of aliphatic imine (C=N–C) groups is 1. The summed E-state index contributed by atoms with van der Waals surface area (Å²) in [7, 11) is 1.79. The molecule has 15 heavy (non-hydrogen) atoms. The zero-order valence-corrected chi connectivity index (χ0v) is 10.5. The van der Waals surface area contributed by atoms with Crippen LogP contribution in [0.15, 0.2) is 4.99 Å². The summed E-state index contributed by atoms with van der Waals surface area (Å²) in [4.78, 5) is 4.15. The topological polar surface area (TPSA) is 45.6 Å². The van der Waals surface area contributed by atoms with E-state index in [4.69, 9.17) is 4.74 Å². The fourth-order valence-corrected chi connectivity index (χ4v) is 1.06. The van der Waals surface area contributed by atoms with Gasteiger partial charge in [0.15, 0.2) is 5.96 Å². The fourth-order valence-electron chi connectivity index (χ4n) is 1.06. The molecule has 4 heteroatoms. The third kappa shape index (κ3) is 8.24. The van der Waals surface area contributed by atoms with Crippen LogP contribution < -0.4 is 10.6 Å². The Bertz CT molecular complexity index is 171. The summed E-state index contributed by atoms with van der Waals surface area (Å²) < 4.78 is 5.25. The lowest BCUT2D eigenvalue weighted by Gasteiger charge is -2.16. The maximum atomic E-state index is 5.25. The number of ether oxygens (including phenoxy) is 1. The van der Waals surface area contributed by atoms with Crippen LogP contribution in [0.5, 0.6) is 0 Å². The highest BCUT2D eigenvalue weighted by molar-refractivity contribution is 5.79. The molecule has 0 saturated carbocycles. The van der Waals surface area contributed by atoms with Crippen LogP contribution in [0.2, 0.25) is 0 Å². The third-order valence-corrected chi connectivity index (χ3v) is 2.18. The molecule has 0 aliphatic carbocycles. The van der Waals surface area contributed by atoms with Gasteiger partial charge < -0.3 is 15.4 Å². The molecule has 0 aromatic rings. The van der Waals surface area contributed by atoms with E-state index in [-0.39, 0.29) is 0 Å². The highest BCUT2D eigenvalue weighted by Gasteiger charge is 2.01. The maximum Gasteiger partial charge on any atom is 0.191 e. The van der Waals surface area contributed by atoms with Crippen LogP contribution in [0.3, 0.4) is 0 Å². The summed E-state index contributed by atoms with van der Waals surface area (Å²) in [6.07, 6.45) is 2.11. The van der Waals surface area contributed by atoms with Crippen molar-refractivity contribution in [1.82, 2.24) is 10.6 Å². The number of nitrogens with one attached hydrogen (secondary N) is 2. The Labute approximate surface area is 93.5 Å². The Morgan fingerprint density at radius 3 is 2.67 bits per heavy atom. The van der Waals surface area contributed by atoms with E-state index in [2.05, 4.69) is 29.5 Å². The number of hydrogen-bond acceptors (Lipinski definition) is 2. The predicted molar refractivity (Wildman–Crippen MR) is 65.4 cm³/mol. The first-order valence-electron chi connectivity index (χ1n) is 5.79. The zero-order chi connectivity index (χ0) is 11.5. The smallest absolute Gasteiger partial charge is 0.191 e. The molecule has 0 fully saturated rings. The summed E-state index contributed by atoms with van der Waals surface area (Å²) in [5.74, 6) is 0.876. The predicted octanol–water partition coefficient (Wildman–Crippen LogP) is 1.38. The Hall–Kier alpha value is -0.770. The second-order valence-corrected chi connectivity index (χ2v) is 3.50. The van der Waals surface area contributed by atoms with Crippen molar-refractivity contribution in [2.45, 2.75) is 39.7 Å². The summed E-state index contributed by atoms with van der Waals surface area (Å²) >= 11 is 0. The summed E-state index contributed by atoms with van der Waals surface area (Å²) in [6, 6.07) is 0.461. The number of hydrogen-bond donors (Lipinski definition) is 2. The lowest BCUT2D eigenvalue weighted by Crippen LogP contribution is -2.42. The minimum atomic E-state index is 0.461. The van der Waals surface area contributed by atoms with Crippen LogP contribution in [0.1, 0.15) is 33.6 Å². The van der Waals surface area contributed by atoms with Crippen molar-refractivity contribution < 1.29 is 4.74 Å². The molecule has 90 valence electrons. The van der Waals surface area contributed by atoms with Gasteiger partial charge in [-0.15, -0.1) is 0 Å². The average molecular weight is 215 g/mol. The van der Waals surface area contributed by atoms with Crippen molar-refractivity contribution in [3.8, 4) is 0 Å². The van der Waals surface area contributed by atoms with Gasteiger partial charge in [-0.3, -0.25) is 4.99 Å². The molecular formula is C11H25N3O. The molecule has 4 nitrogen and oxygen atoms in total. The van der Waals surface area contributed by atoms with Gasteiger partial charge in [0.25, 0.3) is 0 Å². The molecule has 0 aliphatic heterocycles. The standard InChI is InChI=1S/C11H25N3O/c1-5-10(3)14-11(12-4)13-8-7-9-15-6-2/h10H,5-9H2,1-4H3,(H2,12,13,14). The second-order valence-electron chi connectivity index (χ2n) is 3.50. The van der Waals surface area contributed by atoms with Crippen LogP contribution in [-0.2, 0) is 4.74 Å². The molecule has 0 aromatic heterocycles. The minimum absolute atomic E-state index is 0.461. The Morgan fingerprint density at radius 2 is 2.13 bits per heavy atom. The van der Waals surface area contributed by atoms with Crippen molar-refractivity contribution in [3.63, 3.8) is 0 Å². The Balaban J connectivity index is 3.54. The first-order chi connectivity index (χ1) is 7.24. The van der Waals surface area contributed by atoms with Crippen LogP contribution in [0.4, 0.5) is 0 Å². The summed E-state index contributed by atoms with van der Waals surface area (Å²) in [6.45, 7) is 8.81. The van der Waals surface area contributed by atoms with E-state index in [1.807, 2.05) is 6.92 Å². The number of rotatable bonds is 7. The summed E-state index contributed by atoms with van der Waals surface area (Å²) in [5.41, 5.74) is 0. The van der Waals surface area contributed by atoms with Crippen molar-refractivity contribution in [3.05, 3.63) is 0 Å². The maximum absolute atomic E-state index is 5.25. The van der Waals surface area contributed by atoms with Crippen molar-refractivity contribution in [2.24, 2.45) is 4.99 Å². The molecule has 2 N–H and O–H groups in total. The van der Waals surface area contributed by atoms with E-state index < -0.39 is 0 Å². The molecule has 0 saturated heterocycles. The molecule has 0 heterocycles. The van der Waals surface area contributed by atoms with E-state index >= 15 is 0 Å². The van der Waals surface area contributed by atoms with E-state index in [9.17, 15) is 0 Å². The summed E-state index contributed by atoms with van der Waals surface area (Å²) in [5, 5.41) is 6.56. The molecular weight excluding hydrogens is 190 g/mol. The lowest BCUT2D eigenvalue weighted by molar-refractivity contribution is 0.145. The molecule has 0 spiro atoms. The SMILES string of the molecule is CCOCCCNC(=NC)NC(C)CC. The number of guanidine groups is 1. The van der Waals surface area contributed by atoms with Crippen LogP contribution in [0.25, 0.3) is 0 Å². The monoisotopic (exact) mass is 215 g/mol. The molecule has 1 unspecified atom stereocenters. The largest absolute Gasteiger partial charge is 0.382 e. The average Bonchev–Trinajstić information content (AvgIpc) is 2.26. The highest BCUT2D eigenvalue weighted by Crippen LogP contribution is 1.87. The van der Waals surface area contributed by atoms with Gasteiger partial charge in [0, 0.05) is 32.8 Å². The van der Waals surface area contributed by atoms with Gasteiger partial charge in [0.2, 0.25) is 0 Å². The first kappa shape index (κ1) is 14.2. The van der Waals surface area contributed by atoms with E-state index in [1.54, 1.807) is 7.05 Å². The molecule has 0 amide bonds. The van der Waals surface area contributed by atoms with Gasteiger partial charge in [0.05, 0.1) is 0 Å². The van der Waals surface area contributed by atoms with E-state index in [0.29, 0.717) is 6.04 Å². The molecule has 0 aromatic carbocycles. The zero-order valence-electron chi connectivity index (χ0n) is 10.5. The molecule has 0 rings (SSSR count). The van der Waals surface area contributed by atoms with Gasteiger partial charge in [-0.1, -0.05) is 6.92 Å². The van der Waals surface area contributed by atoms with Crippen molar-refractivity contribution in [2.75, 3.05) is 26.8 Å². The lowest BCUT2D eigenvalue weighted by atomic mass is 10.3. The Kier molecular flexibility index (Phi) is 9.27. The van der Waals surface area contributed by atoms with Crippen LogP contribution in [0, 0.1) is 0 Å². The Morgan fingerprint density at radius 1 is 1.40 bits per heavy atom. The quantitative estimate of drug-likeness (QED) is 0.383. The van der Waals surface area contributed by atoms with Gasteiger partial charge in [0.1, 0.15) is 0 Å². The third-order valence-electron chi connectivity index (χ3n) is 2.18. The number of nitrogens with zero attached hydrogens (tertiary/aromatic N) is 1. The van der Waals surface area contributed by atoms with Gasteiger partial charge in [-0.05, 0) is 26.7 Å². The molecule has 1 atom stereocenters. The first-order valence-corrected chi connectivity index (χ1v) is 5.79. The van der Waals surface area contributed by atoms with Crippen molar-refractivity contribution >= 4 is 5.96 Å². The van der Waals surface area contributed by atoms with E-state index in [0.717, 1.165) is 38.6 Å². The van der Waals surface area contributed by atoms with E-state index in [1.165, 1.54) is 0 Å². The van der Waals surface area contributed by atoms with Gasteiger partial charge >= 0.3 is 0 Å². The normalized spacial score (nSPS) is 13.7. The van der Waals surface area contributed by atoms with Crippen LogP contribution in [-0.4, -0.2) is 38.8 Å². The minimum Gasteiger partial charge on any atom is -0.382 e. The highest BCUT2D eigenvalue weighted by atomic mass is 16.5. The van der Waals surface area contributed by atoms with Gasteiger partial charge in [-0.2, -0.15) is 0 Å². The second kappa shape index (κ2) is 9.77. The van der Waals surface area contributed by atoms with Crippen LogP contribution >= 0.6 is 0 Å². The molecule has 0 bridgehead atoms. The van der Waals surface area contributed by atoms with Gasteiger partial charge in [-0.25, -0.2) is 0 Å². The fraction of sp³-hybridized carbons (Fsp3) is 0.909. The van der Waals surface area contributed by atoms with Crippen molar-refractivity contribution in [1.29, 1.82) is 0 Å². The molecule has 0 aliphatic rings. The molecule has 0 radical (unpaired) electrons.